The van der Waals surface area contributed by atoms with E-state index in [9.17, 15) is 0 Å². The lowest BCUT2D eigenvalue weighted by Gasteiger charge is -2.19. The summed E-state index contributed by atoms with van der Waals surface area (Å²) in [6.07, 6.45) is 3.28. The third-order valence-corrected chi connectivity index (χ3v) is 3.51. The molecule has 1 N–H and O–H groups in total. The molecular weight excluding hydrogens is 202 g/mol. The Hall–Kier alpha value is -0.470. The minimum atomic E-state index is 0.441. The van der Waals surface area contributed by atoms with E-state index in [1.54, 1.807) is 11.8 Å². The zero-order valence-electron chi connectivity index (χ0n) is 10.1. The molecule has 1 rings (SSSR count). The third-order valence-electron chi connectivity index (χ3n) is 2.76. The summed E-state index contributed by atoms with van der Waals surface area (Å²) in [5.74, 6) is 0. The molecule has 0 aromatic heterocycles. The summed E-state index contributed by atoms with van der Waals surface area (Å²) < 4.78 is 0. The fraction of sp³-hybridized carbons (Fsp3) is 0.538. The lowest BCUT2D eigenvalue weighted by Crippen LogP contribution is -2.28. The van der Waals surface area contributed by atoms with E-state index in [1.165, 1.54) is 16.9 Å². The van der Waals surface area contributed by atoms with Gasteiger partial charge in [0.1, 0.15) is 0 Å². The molecule has 0 spiro atoms. The molecule has 0 unspecified atom stereocenters. The van der Waals surface area contributed by atoms with Crippen LogP contribution in [0.5, 0.6) is 0 Å². The van der Waals surface area contributed by atoms with Crippen molar-refractivity contribution in [2.45, 2.75) is 44.2 Å². The molecule has 0 heterocycles. The van der Waals surface area contributed by atoms with Gasteiger partial charge in [-0.15, -0.1) is 11.8 Å². The van der Waals surface area contributed by atoms with Crippen molar-refractivity contribution in [3.8, 4) is 0 Å². The van der Waals surface area contributed by atoms with Crippen LogP contribution in [0.25, 0.3) is 0 Å². The van der Waals surface area contributed by atoms with Gasteiger partial charge in [0.25, 0.3) is 0 Å². The average molecular weight is 223 g/mol. The van der Waals surface area contributed by atoms with E-state index in [-0.39, 0.29) is 0 Å². The van der Waals surface area contributed by atoms with Crippen LogP contribution in [0.4, 0.5) is 0 Å². The van der Waals surface area contributed by atoms with Crippen LogP contribution in [0.2, 0.25) is 0 Å². The molecule has 1 nitrogen and oxygen atoms in total. The van der Waals surface area contributed by atoms with E-state index < -0.39 is 0 Å². The van der Waals surface area contributed by atoms with Gasteiger partial charge in [0.2, 0.25) is 0 Å². The van der Waals surface area contributed by atoms with Crippen molar-refractivity contribution in [2.24, 2.45) is 0 Å². The number of thioether (sulfide) groups is 1. The Morgan fingerprint density at radius 1 is 1.20 bits per heavy atom. The van der Waals surface area contributed by atoms with Gasteiger partial charge in [0.05, 0.1) is 0 Å². The quantitative estimate of drug-likeness (QED) is 0.761. The first kappa shape index (κ1) is 12.6. The molecular formula is C13H21NS. The molecule has 2 heteroatoms. The van der Waals surface area contributed by atoms with Crippen LogP contribution in [0, 0.1) is 0 Å². The predicted molar refractivity (Wildman–Crippen MR) is 69.5 cm³/mol. The van der Waals surface area contributed by atoms with Gasteiger partial charge in [-0.25, -0.2) is 0 Å². The average Bonchev–Trinajstić information content (AvgIpc) is 2.29. The first-order chi connectivity index (χ1) is 7.17. The fourth-order valence-corrected chi connectivity index (χ4v) is 1.94. The summed E-state index contributed by atoms with van der Waals surface area (Å²) in [5.41, 5.74) is 1.37. The van der Waals surface area contributed by atoms with Gasteiger partial charge in [0.15, 0.2) is 0 Å². The lowest BCUT2D eigenvalue weighted by molar-refractivity contribution is 0.469. The lowest BCUT2D eigenvalue weighted by atomic mass is 10.1. The standard InChI is InChI=1S/C13H21NS/c1-5-10(2)14-11(3)12-6-8-13(15-4)9-7-12/h6-11,14H,5H2,1-4H3/t10-,11+/m1/s1. The van der Waals surface area contributed by atoms with Gasteiger partial charge in [-0.05, 0) is 44.2 Å². The summed E-state index contributed by atoms with van der Waals surface area (Å²) >= 11 is 1.79. The number of hydrogen-bond acceptors (Lipinski definition) is 2. The Kier molecular flexibility index (Phi) is 5.20. The van der Waals surface area contributed by atoms with Gasteiger partial charge in [-0.3, -0.25) is 0 Å². The van der Waals surface area contributed by atoms with Crippen LogP contribution >= 0.6 is 11.8 Å². The maximum Gasteiger partial charge on any atom is 0.0294 e. The second-order valence-electron chi connectivity index (χ2n) is 3.97. The zero-order valence-corrected chi connectivity index (χ0v) is 10.9. The van der Waals surface area contributed by atoms with Crippen LogP contribution in [0.1, 0.15) is 38.8 Å². The van der Waals surface area contributed by atoms with Crippen molar-refractivity contribution in [3.63, 3.8) is 0 Å². The molecule has 0 fully saturated rings. The van der Waals surface area contributed by atoms with Gasteiger partial charge in [-0.1, -0.05) is 19.1 Å². The van der Waals surface area contributed by atoms with Gasteiger partial charge < -0.3 is 5.32 Å². The summed E-state index contributed by atoms with van der Waals surface area (Å²) in [6, 6.07) is 9.83. The summed E-state index contributed by atoms with van der Waals surface area (Å²) in [6.45, 7) is 6.66. The van der Waals surface area contributed by atoms with Crippen LogP contribution in [0.15, 0.2) is 29.2 Å². The molecule has 0 radical (unpaired) electrons. The molecule has 0 amide bonds. The molecule has 0 aliphatic rings. The highest BCUT2D eigenvalue weighted by Crippen LogP contribution is 2.19. The molecule has 1 aromatic rings. The van der Waals surface area contributed by atoms with Gasteiger partial charge >= 0.3 is 0 Å². The van der Waals surface area contributed by atoms with E-state index in [2.05, 4.69) is 56.6 Å². The Labute approximate surface area is 97.7 Å². The summed E-state index contributed by atoms with van der Waals surface area (Å²) in [4.78, 5) is 1.33. The third kappa shape index (κ3) is 3.88. The van der Waals surface area contributed by atoms with E-state index in [0.29, 0.717) is 12.1 Å². The Morgan fingerprint density at radius 2 is 1.80 bits per heavy atom. The molecule has 0 saturated heterocycles. The first-order valence-corrected chi connectivity index (χ1v) is 6.79. The minimum absolute atomic E-state index is 0.441. The SMILES string of the molecule is CC[C@@H](C)N[C@@H](C)c1ccc(SC)cc1. The van der Waals surface area contributed by atoms with E-state index >= 15 is 0 Å². The predicted octanol–water partition coefficient (Wildman–Crippen LogP) is 3.86. The van der Waals surface area contributed by atoms with E-state index in [1.807, 2.05) is 0 Å². The molecule has 84 valence electrons. The second-order valence-corrected chi connectivity index (χ2v) is 4.85. The molecule has 1 aromatic carbocycles. The number of nitrogens with one attached hydrogen (secondary N) is 1. The minimum Gasteiger partial charge on any atom is -0.308 e. The maximum absolute atomic E-state index is 3.58. The fourth-order valence-electron chi connectivity index (χ4n) is 1.53. The number of rotatable bonds is 5. The highest BCUT2D eigenvalue weighted by molar-refractivity contribution is 7.98. The van der Waals surface area contributed by atoms with Gasteiger partial charge in [-0.2, -0.15) is 0 Å². The topological polar surface area (TPSA) is 12.0 Å². The van der Waals surface area contributed by atoms with Crippen molar-refractivity contribution in [2.75, 3.05) is 6.26 Å². The summed E-state index contributed by atoms with van der Waals surface area (Å²) in [5, 5.41) is 3.58. The van der Waals surface area contributed by atoms with Crippen LogP contribution in [-0.4, -0.2) is 12.3 Å². The normalized spacial score (nSPS) is 14.9. The van der Waals surface area contributed by atoms with E-state index in [4.69, 9.17) is 0 Å². The molecule has 15 heavy (non-hydrogen) atoms. The Bertz CT molecular complexity index is 281. The summed E-state index contributed by atoms with van der Waals surface area (Å²) in [7, 11) is 0. The van der Waals surface area contributed by atoms with Crippen molar-refractivity contribution in [1.29, 1.82) is 0 Å². The van der Waals surface area contributed by atoms with Crippen LogP contribution in [-0.2, 0) is 0 Å². The Morgan fingerprint density at radius 3 is 2.27 bits per heavy atom. The van der Waals surface area contributed by atoms with Gasteiger partial charge in [0, 0.05) is 17.0 Å². The first-order valence-electron chi connectivity index (χ1n) is 5.57. The molecule has 0 aliphatic heterocycles. The molecule has 2 atom stereocenters. The largest absolute Gasteiger partial charge is 0.308 e. The number of hydrogen-bond donors (Lipinski definition) is 1. The maximum atomic E-state index is 3.58. The molecule has 0 bridgehead atoms. The molecule has 0 saturated carbocycles. The van der Waals surface area contributed by atoms with Crippen LogP contribution < -0.4 is 5.32 Å². The van der Waals surface area contributed by atoms with Crippen molar-refractivity contribution in [1.82, 2.24) is 5.32 Å². The van der Waals surface area contributed by atoms with E-state index in [0.717, 1.165) is 0 Å². The van der Waals surface area contributed by atoms with Crippen molar-refractivity contribution < 1.29 is 0 Å². The smallest absolute Gasteiger partial charge is 0.0294 e. The second kappa shape index (κ2) is 6.19. The number of benzene rings is 1. The monoisotopic (exact) mass is 223 g/mol. The van der Waals surface area contributed by atoms with Crippen molar-refractivity contribution >= 4 is 11.8 Å². The molecule has 0 aliphatic carbocycles. The Balaban J connectivity index is 2.61. The van der Waals surface area contributed by atoms with Crippen molar-refractivity contribution in [3.05, 3.63) is 29.8 Å². The van der Waals surface area contributed by atoms with Crippen LogP contribution in [0.3, 0.4) is 0 Å². The zero-order chi connectivity index (χ0) is 11.3. The highest BCUT2D eigenvalue weighted by Gasteiger charge is 2.07. The highest BCUT2D eigenvalue weighted by atomic mass is 32.2.